The molecule has 0 aromatic heterocycles. The highest BCUT2D eigenvalue weighted by atomic mass is 79.9. The molecule has 17 heavy (non-hydrogen) atoms. The second-order valence-corrected chi connectivity index (χ2v) is 4.19. The van der Waals surface area contributed by atoms with Crippen molar-refractivity contribution in [2.45, 2.75) is 6.92 Å². The highest BCUT2D eigenvalue weighted by Crippen LogP contribution is 2.35. The fourth-order valence-corrected chi connectivity index (χ4v) is 2.16. The quantitative estimate of drug-likeness (QED) is 0.746. The van der Waals surface area contributed by atoms with Crippen molar-refractivity contribution in [1.82, 2.24) is 0 Å². The van der Waals surface area contributed by atoms with Crippen molar-refractivity contribution in [3.63, 3.8) is 0 Å². The van der Waals surface area contributed by atoms with Crippen molar-refractivity contribution >= 4 is 26.7 Å². The Morgan fingerprint density at radius 2 is 1.82 bits per heavy atom. The molecule has 2 aromatic carbocycles. The van der Waals surface area contributed by atoms with E-state index in [1.165, 1.54) is 12.1 Å². The van der Waals surface area contributed by atoms with E-state index < -0.39 is 17.5 Å². The van der Waals surface area contributed by atoms with E-state index in [9.17, 15) is 13.2 Å². The first-order chi connectivity index (χ1) is 8.06. The van der Waals surface area contributed by atoms with Gasteiger partial charge in [-0.05, 0) is 41.1 Å². The van der Waals surface area contributed by atoms with Crippen LogP contribution in [-0.2, 0) is 0 Å². The summed E-state index contributed by atoms with van der Waals surface area (Å²) in [6.45, 7) is 2.22. The molecule has 5 heteroatoms. The third-order valence-electron chi connectivity index (χ3n) is 2.35. The minimum Gasteiger partial charge on any atom is -0.493 e. The number of rotatable bonds is 2. The molecule has 2 aromatic rings. The number of halogens is 4. The Balaban J connectivity index is 2.78. The zero-order valence-electron chi connectivity index (χ0n) is 8.86. The molecule has 1 nitrogen and oxygen atoms in total. The summed E-state index contributed by atoms with van der Waals surface area (Å²) in [6.07, 6.45) is 0. The summed E-state index contributed by atoms with van der Waals surface area (Å²) in [4.78, 5) is 0. The van der Waals surface area contributed by atoms with Crippen molar-refractivity contribution in [1.29, 1.82) is 0 Å². The Morgan fingerprint density at radius 1 is 1.12 bits per heavy atom. The van der Waals surface area contributed by atoms with E-state index in [1.807, 2.05) is 0 Å². The first-order valence-corrected chi connectivity index (χ1v) is 5.74. The highest BCUT2D eigenvalue weighted by molar-refractivity contribution is 9.10. The van der Waals surface area contributed by atoms with E-state index in [1.54, 1.807) is 6.92 Å². The predicted molar refractivity (Wildman–Crippen MR) is 62.7 cm³/mol. The molecule has 0 amide bonds. The van der Waals surface area contributed by atoms with Crippen molar-refractivity contribution in [2.75, 3.05) is 6.61 Å². The fraction of sp³-hybridized carbons (Fsp3) is 0.167. The van der Waals surface area contributed by atoms with Crippen LogP contribution in [0.5, 0.6) is 5.75 Å². The van der Waals surface area contributed by atoms with Gasteiger partial charge in [-0.15, -0.1) is 0 Å². The lowest BCUT2D eigenvalue weighted by molar-refractivity contribution is 0.338. The van der Waals surface area contributed by atoms with E-state index in [-0.39, 0.29) is 10.8 Å². The molecule has 90 valence electrons. The van der Waals surface area contributed by atoms with Crippen LogP contribution in [-0.4, -0.2) is 6.61 Å². The third kappa shape index (κ3) is 1.99. The molecule has 2 rings (SSSR count). The van der Waals surface area contributed by atoms with E-state index >= 15 is 0 Å². The Kier molecular flexibility index (Phi) is 3.28. The normalized spacial score (nSPS) is 10.9. The molecule has 0 aliphatic carbocycles. The topological polar surface area (TPSA) is 9.23 Å². The van der Waals surface area contributed by atoms with Gasteiger partial charge >= 0.3 is 0 Å². The second-order valence-electron chi connectivity index (χ2n) is 3.39. The van der Waals surface area contributed by atoms with Gasteiger partial charge in [0.05, 0.1) is 11.1 Å². The monoisotopic (exact) mass is 304 g/mol. The maximum absolute atomic E-state index is 13.5. The maximum Gasteiger partial charge on any atom is 0.195 e. The lowest BCUT2D eigenvalue weighted by atomic mass is 10.1. The summed E-state index contributed by atoms with van der Waals surface area (Å²) in [7, 11) is 0. The van der Waals surface area contributed by atoms with Crippen LogP contribution in [0, 0.1) is 17.5 Å². The number of hydrogen-bond acceptors (Lipinski definition) is 1. The molecule has 0 atom stereocenters. The van der Waals surface area contributed by atoms with Crippen LogP contribution in [0.15, 0.2) is 22.7 Å². The van der Waals surface area contributed by atoms with Gasteiger partial charge < -0.3 is 4.74 Å². The predicted octanol–water partition coefficient (Wildman–Crippen LogP) is 4.42. The molecule has 0 heterocycles. The smallest absolute Gasteiger partial charge is 0.195 e. The maximum atomic E-state index is 13.5. The number of hydrogen-bond donors (Lipinski definition) is 0. The summed E-state index contributed by atoms with van der Waals surface area (Å²) < 4.78 is 45.3. The zero-order chi connectivity index (χ0) is 12.6. The summed E-state index contributed by atoms with van der Waals surface area (Å²) in [5, 5.41) is 0.256. The van der Waals surface area contributed by atoms with Gasteiger partial charge in [0.25, 0.3) is 0 Å². The van der Waals surface area contributed by atoms with Crippen LogP contribution < -0.4 is 4.74 Å². The van der Waals surface area contributed by atoms with Crippen LogP contribution in [0.4, 0.5) is 13.2 Å². The second kappa shape index (κ2) is 4.56. The van der Waals surface area contributed by atoms with Gasteiger partial charge in [-0.3, -0.25) is 0 Å². The summed E-state index contributed by atoms with van der Waals surface area (Å²) in [6, 6.07) is 3.82. The van der Waals surface area contributed by atoms with E-state index in [0.29, 0.717) is 16.8 Å². The van der Waals surface area contributed by atoms with Gasteiger partial charge in [-0.1, -0.05) is 0 Å². The Hall–Kier alpha value is -1.23. The van der Waals surface area contributed by atoms with Crippen molar-refractivity contribution < 1.29 is 17.9 Å². The van der Waals surface area contributed by atoms with Crippen LogP contribution in [0.2, 0.25) is 0 Å². The average Bonchev–Trinajstić information content (AvgIpc) is 2.31. The summed E-state index contributed by atoms with van der Waals surface area (Å²) >= 11 is 3.19. The standard InChI is InChI=1S/C12H8BrF3O/c1-2-17-9-4-3-6-7(10(9)13)5-8(14)12(16)11(6)15/h3-5H,2H2,1H3. The molecule has 0 spiro atoms. The lowest BCUT2D eigenvalue weighted by Crippen LogP contribution is -1.96. The van der Waals surface area contributed by atoms with Gasteiger partial charge in [-0.25, -0.2) is 13.2 Å². The van der Waals surface area contributed by atoms with Gasteiger partial charge in [0, 0.05) is 10.8 Å². The van der Waals surface area contributed by atoms with Crippen LogP contribution >= 0.6 is 15.9 Å². The Labute approximate surface area is 104 Å². The average molecular weight is 305 g/mol. The van der Waals surface area contributed by atoms with Gasteiger partial charge in [-0.2, -0.15) is 0 Å². The van der Waals surface area contributed by atoms with E-state index in [2.05, 4.69) is 15.9 Å². The molecular weight excluding hydrogens is 297 g/mol. The number of ether oxygens (including phenoxy) is 1. The minimum atomic E-state index is -1.46. The van der Waals surface area contributed by atoms with E-state index in [4.69, 9.17) is 4.74 Å². The Morgan fingerprint density at radius 3 is 2.47 bits per heavy atom. The zero-order valence-corrected chi connectivity index (χ0v) is 10.4. The molecule has 0 radical (unpaired) electrons. The van der Waals surface area contributed by atoms with E-state index in [0.717, 1.165) is 6.07 Å². The third-order valence-corrected chi connectivity index (χ3v) is 3.17. The lowest BCUT2D eigenvalue weighted by Gasteiger charge is -2.09. The Bertz CT molecular complexity index is 584. The molecule has 0 saturated heterocycles. The van der Waals surface area contributed by atoms with Crippen molar-refractivity contribution in [3.05, 3.63) is 40.1 Å². The molecular formula is C12H8BrF3O. The summed E-state index contributed by atoms with van der Waals surface area (Å²) in [5.74, 6) is -3.41. The fourth-order valence-electron chi connectivity index (χ4n) is 1.59. The number of fused-ring (bicyclic) bond motifs is 1. The van der Waals surface area contributed by atoms with Gasteiger partial charge in [0.2, 0.25) is 0 Å². The minimum absolute atomic E-state index is 0.0132. The molecule has 0 aliphatic heterocycles. The molecule has 0 fully saturated rings. The molecule has 0 N–H and O–H groups in total. The molecule has 0 aliphatic rings. The van der Waals surface area contributed by atoms with Gasteiger partial charge in [0.1, 0.15) is 5.75 Å². The molecule has 0 unspecified atom stereocenters. The SMILES string of the molecule is CCOc1ccc2c(F)c(F)c(F)cc2c1Br. The molecule has 0 bridgehead atoms. The largest absolute Gasteiger partial charge is 0.493 e. The van der Waals surface area contributed by atoms with Crippen LogP contribution in [0.3, 0.4) is 0 Å². The molecule has 0 saturated carbocycles. The summed E-state index contributed by atoms with van der Waals surface area (Å²) in [5.41, 5.74) is 0. The first-order valence-electron chi connectivity index (χ1n) is 4.94. The number of benzene rings is 2. The highest BCUT2D eigenvalue weighted by Gasteiger charge is 2.16. The van der Waals surface area contributed by atoms with Crippen molar-refractivity contribution in [2.24, 2.45) is 0 Å². The first kappa shape index (κ1) is 12.2. The van der Waals surface area contributed by atoms with Crippen molar-refractivity contribution in [3.8, 4) is 5.75 Å². The van der Waals surface area contributed by atoms with Gasteiger partial charge in [0.15, 0.2) is 17.5 Å². The van der Waals surface area contributed by atoms with Crippen LogP contribution in [0.25, 0.3) is 10.8 Å². The van der Waals surface area contributed by atoms with Crippen LogP contribution in [0.1, 0.15) is 6.92 Å².